The molecule has 2 aromatic heterocycles. The minimum atomic E-state index is -0.363. The molecule has 4 aromatic rings. The number of hydrogen-bond acceptors (Lipinski definition) is 6. The lowest BCUT2D eigenvalue weighted by Gasteiger charge is -2.21. The molecule has 1 amide bonds. The van der Waals surface area contributed by atoms with Crippen molar-refractivity contribution in [3.8, 4) is 17.3 Å². The third-order valence-electron chi connectivity index (χ3n) is 6.77. The van der Waals surface area contributed by atoms with Gasteiger partial charge in [-0.05, 0) is 65.6 Å². The molecule has 1 aliphatic heterocycles. The number of carbonyl (C=O) groups excluding carboxylic acids is 1. The molecule has 0 aliphatic carbocycles. The van der Waals surface area contributed by atoms with Crippen LogP contribution < -0.4 is 5.32 Å². The number of nitrogens with zero attached hydrogens (tertiary/aromatic N) is 3. The predicted octanol–water partition coefficient (Wildman–Crippen LogP) is 6.48. The first-order chi connectivity index (χ1) is 19.0. The Hall–Kier alpha value is -4.41. The Morgan fingerprint density at radius 1 is 1.15 bits per heavy atom. The SMILES string of the molecule is CCCC.Cc1ccc(-c2ccc3cnc(CNC(=O)c4ccc5c(c4)C(C#N)COC5)cc3n2)cc1C=N. The van der Waals surface area contributed by atoms with Crippen molar-refractivity contribution in [1.29, 1.82) is 10.7 Å². The average Bonchev–Trinajstić information content (AvgIpc) is 2.99. The van der Waals surface area contributed by atoms with Crippen molar-refractivity contribution in [2.45, 2.75) is 52.7 Å². The van der Waals surface area contributed by atoms with Crippen molar-refractivity contribution in [2.75, 3.05) is 6.61 Å². The summed E-state index contributed by atoms with van der Waals surface area (Å²) in [6, 6.07) is 19.4. The summed E-state index contributed by atoms with van der Waals surface area (Å²) in [7, 11) is 0. The number of nitriles is 1. The number of hydrogen-bond donors (Lipinski definition) is 2. The molecule has 1 atom stereocenters. The zero-order valence-corrected chi connectivity index (χ0v) is 22.6. The van der Waals surface area contributed by atoms with Crippen LogP contribution in [0.2, 0.25) is 0 Å². The van der Waals surface area contributed by atoms with Crippen molar-refractivity contribution in [3.05, 3.63) is 94.3 Å². The van der Waals surface area contributed by atoms with Crippen LogP contribution in [0.3, 0.4) is 0 Å². The molecule has 1 unspecified atom stereocenters. The summed E-state index contributed by atoms with van der Waals surface area (Å²) in [5, 5.41) is 20.8. The number of fused-ring (bicyclic) bond motifs is 2. The maximum absolute atomic E-state index is 12.8. The van der Waals surface area contributed by atoms with E-state index in [1.54, 1.807) is 18.3 Å². The number of carbonyl (C=O) groups is 1. The Kier molecular flexibility index (Phi) is 9.14. The van der Waals surface area contributed by atoms with Crippen LogP contribution in [0.25, 0.3) is 22.2 Å². The lowest BCUT2D eigenvalue weighted by molar-refractivity contribution is 0.0945. The molecule has 2 aromatic carbocycles. The fourth-order valence-electron chi connectivity index (χ4n) is 4.22. The van der Waals surface area contributed by atoms with E-state index in [4.69, 9.17) is 15.1 Å². The van der Waals surface area contributed by atoms with Gasteiger partial charge < -0.3 is 15.5 Å². The number of pyridine rings is 2. The molecular formula is C32H33N5O2. The van der Waals surface area contributed by atoms with Gasteiger partial charge >= 0.3 is 0 Å². The summed E-state index contributed by atoms with van der Waals surface area (Å²) in [6.07, 6.45) is 5.74. The highest BCUT2D eigenvalue weighted by molar-refractivity contribution is 5.94. The number of ether oxygens (including phenoxy) is 1. The van der Waals surface area contributed by atoms with Crippen molar-refractivity contribution in [3.63, 3.8) is 0 Å². The topological polar surface area (TPSA) is 112 Å². The molecule has 3 heterocycles. The molecule has 1 aliphatic rings. The second kappa shape index (κ2) is 12.9. The van der Waals surface area contributed by atoms with Crippen LogP contribution in [-0.2, 0) is 17.9 Å². The number of aromatic nitrogens is 2. The lowest BCUT2D eigenvalue weighted by atomic mass is 9.92. The van der Waals surface area contributed by atoms with Crippen LogP contribution in [0.15, 0.2) is 60.8 Å². The van der Waals surface area contributed by atoms with E-state index in [1.165, 1.54) is 19.1 Å². The molecule has 0 spiro atoms. The van der Waals surface area contributed by atoms with E-state index in [2.05, 4.69) is 30.2 Å². The van der Waals surface area contributed by atoms with Crippen molar-refractivity contribution < 1.29 is 9.53 Å². The van der Waals surface area contributed by atoms with Crippen LogP contribution in [0.1, 0.15) is 70.9 Å². The van der Waals surface area contributed by atoms with Gasteiger partial charge in [0.25, 0.3) is 5.91 Å². The summed E-state index contributed by atoms with van der Waals surface area (Å²) < 4.78 is 5.45. The second-order valence-corrected chi connectivity index (χ2v) is 9.57. The first-order valence-corrected chi connectivity index (χ1v) is 13.2. The average molecular weight is 520 g/mol. The third-order valence-corrected chi connectivity index (χ3v) is 6.77. The molecular weight excluding hydrogens is 486 g/mol. The number of amides is 1. The standard InChI is InChI=1S/C28H23N5O2.C4H10/c1-17-2-3-18(8-22(17)11-29)26-7-6-20-13-31-24(10-27(20)33-26)14-32-28(34)19-4-5-21-15-35-16-23(12-30)25(21)9-19;1-3-4-2/h2-11,13,23,29H,14-16H2,1H3,(H,32,34);3-4H2,1-2H3. The summed E-state index contributed by atoms with van der Waals surface area (Å²) in [5.74, 6) is -0.587. The maximum Gasteiger partial charge on any atom is 0.251 e. The Balaban J connectivity index is 0.000000826. The lowest BCUT2D eigenvalue weighted by Crippen LogP contribution is -2.24. The van der Waals surface area contributed by atoms with Gasteiger partial charge in [0.2, 0.25) is 0 Å². The van der Waals surface area contributed by atoms with E-state index in [1.807, 2.05) is 49.4 Å². The molecule has 198 valence electrons. The fourth-order valence-corrected chi connectivity index (χ4v) is 4.22. The van der Waals surface area contributed by atoms with Crippen LogP contribution in [-0.4, -0.2) is 28.7 Å². The quantitative estimate of drug-likeness (QED) is 0.283. The third kappa shape index (κ3) is 6.54. The van der Waals surface area contributed by atoms with E-state index in [0.717, 1.165) is 44.4 Å². The van der Waals surface area contributed by atoms with Crippen LogP contribution in [0, 0.1) is 23.7 Å². The highest BCUT2D eigenvalue weighted by atomic mass is 16.5. The number of aryl methyl sites for hydroxylation is 1. The van der Waals surface area contributed by atoms with Crippen LogP contribution in [0.5, 0.6) is 0 Å². The number of nitrogens with one attached hydrogen (secondary N) is 2. The van der Waals surface area contributed by atoms with Crippen LogP contribution >= 0.6 is 0 Å². The molecule has 0 bridgehead atoms. The summed E-state index contributed by atoms with van der Waals surface area (Å²) >= 11 is 0. The molecule has 0 radical (unpaired) electrons. The zero-order valence-electron chi connectivity index (χ0n) is 22.6. The number of unbranched alkanes of at least 4 members (excludes halogenated alkanes) is 1. The van der Waals surface area contributed by atoms with E-state index in [0.29, 0.717) is 24.5 Å². The van der Waals surface area contributed by atoms with E-state index in [9.17, 15) is 10.1 Å². The Bertz CT molecular complexity index is 1540. The smallest absolute Gasteiger partial charge is 0.251 e. The van der Waals surface area contributed by atoms with Crippen molar-refractivity contribution in [2.24, 2.45) is 0 Å². The van der Waals surface area contributed by atoms with Gasteiger partial charge in [-0.2, -0.15) is 5.26 Å². The molecule has 7 nitrogen and oxygen atoms in total. The number of benzene rings is 2. The van der Waals surface area contributed by atoms with Crippen LogP contribution in [0.4, 0.5) is 0 Å². The van der Waals surface area contributed by atoms with Crippen molar-refractivity contribution >= 4 is 23.0 Å². The molecule has 5 rings (SSSR count). The molecule has 0 saturated heterocycles. The highest BCUT2D eigenvalue weighted by Gasteiger charge is 2.22. The monoisotopic (exact) mass is 519 g/mol. The summed E-state index contributed by atoms with van der Waals surface area (Å²) in [4.78, 5) is 22.1. The fraction of sp³-hybridized carbons (Fsp3) is 0.281. The molecule has 7 heteroatoms. The van der Waals surface area contributed by atoms with Gasteiger partial charge in [-0.3, -0.25) is 9.78 Å². The first-order valence-electron chi connectivity index (χ1n) is 13.2. The Labute approximate surface area is 229 Å². The van der Waals surface area contributed by atoms with Gasteiger partial charge in [-0.25, -0.2) is 4.98 Å². The predicted molar refractivity (Wildman–Crippen MR) is 154 cm³/mol. The van der Waals surface area contributed by atoms with Gasteiger partial charge in [0, 0.05) is 28.9 Å². The van der Waals surface area contributed by atoms with Crippen molar-refractivity contribution in [1.82, 2.24) is 15.3 Å². The van der Waals surface area contributed by atoms with Gasteiger partial charge in [0.05, 0.1) is 48.7 Å². The molecule has 0 fully saturated rings. The van der Waals surface area contributed by atoms with E-state index in [-0.39, 0.29) is 18.4 Å². The minimum absolute atomic E-state index is 0.224. The normalized spacial score (nSPS) is 13.9. The maximum atomic E-state index is 12.8. The molecule has 2 N–H and O–H groups in total. The Morgan fingerprint density at radius 3 is 2.72 bits per heavy atom. The number of rotatable bonds is 6. The van der Waals surface area contributed by atoms with Gasteiger partial charge in [0.15, 0.2) is 0 Å². The second-order valence-electron chi connectivity index (χ2n) is 9.57. The Morgan fingerprint density at radius 2 is 1.97 bits per heavy atom. The molecule has 39 heavy (non-hydrogen) atoms. The zero-order chi connectivity index (χ0) is 27.8. The van der Waals surface area contributed by atoms with Gasteiger partial charge in [-0.1, -0.05) is 44.9 Å². The van der Waals surface area contributed by atoms with Gasteiger partial charge in [0.1, 0.15) is 0 Å². The highest BCUT2D eigenvalue weighted by Crippen LogP contribution is 2.27. The van der Waals surface area contributed by atoms with E-state index < -0.39 is 0 Å². The first kappa shape index (κ1) is 27.6. The van der Waals surface area contributed by atoms with E-state index >= 15 is 0 Å². The minimum Gasteiger partial charge on any atom is -0.375 e. The molecule has 0 saturated carbocycles. The van der Waals surface area contributed by atoms with Gasteiger partial charge in [-0.15, -0.1) is 0 Å². The largest absolute Gasteiger partial charge is 0.375 e. The summed E-state index contributed by atoms with van der Waals surface area (Å²) in [6.45, 7) is 7.39. The summed E-state index contributed by atoms with van der Waals surface area (Å²) in [5.41, 5.74) is 7.44.